The molecule has 0 radical (unpaired) electrons. The number of benzene rings is 2. The normalized spacial score (nSPS) is 13.9. The molecule has 6 nitrogen and oxygen atoms in total. The molecule has 4 aromatic rings. The van der Waals surface area contributed by atoms with Crippen molar-refractivity contribution in [3.63, 3.8) is 0 Å². The molecule has 0 bridgehead atoms. The van der Waals surface area contributed by atoms with Crippen LogP contribution in [0.1, 0.15) is 24.0 Å². The van der Waals surface area contributed by atoms with Crippen LogP contribution < -0.4 is 10.6 Å². The van der Waals surface area contributed by atoms with E-state index in [-0.39, 0.29) is 6.03 Å². The number of anilines is 1. The Kier molecular flexibility index (Phi) is 5.32. The van der Waals surface area contributed by atoms with Crippen LogP contribution >= 0.6 is 0 Å². The first-order valence-electron chi connectivity index (χ1n) is 10.7. The van der Waals surface area contributed by atoms with Crippen molar-refractivity contribution in [3.8, 4) is 11.1 Å². The fraction of sp³-hybridized carbons (Fsp3) is 0.250. The topological polar surface area (TPSA) is 74.7 Å². The molecule has 0 aliphatic heterocycles. The van der Waals surface area contributed by atoms with Crippen LogP contribution in [0, 0.1) is 5.92 Å². The first-order chi connectivity index (χ1) is 15.8. The smallest absolute Gasteiger partial charge is 0.359 e. The second-order valence-corrected chi connectivity index (χ2v) is 8.36. The van der Waals surface area contributed by atoms with Crippen molar-refractivity contribution in [1.29, 1.82) is 0 Å². The van der Waals surface area contributed by atoms with Crippen molar-refractivity contribution in [2.75, 3.05) is 11.9 Å². The largest absolute Gasteiger partial charge is 0.416 e. The number of alkyl halides is 3. The molecule has 5 rings (SSSR count). The molecule has 2 heterocycles. The van der Waals surface area contributed by atoms with Gasteiger partial charge in [-0.3, -0.25) is 4.68 Å². The van der Waals surface area contributed by atoms with Crippen LogP contribution in [0.3, 0.4) is 0 Å². The molecule has 2 amide bonds. The van der Waals surface area contributed by atoms with Gasteiger partial charge in [-0.2, -0.15) is 18.3 Å². The Balaban J connectivity index is 1.30. The minimum Gasteiger partial charge on any atom is -0.359 e. The maximum atomic E-state index is 12.7. The number of halogens is 3. The summed E-state index contributed by atoms with van der Waals surface area (Å²) in [6, 6.07) is 10.7. The minimum absolute atomic E-state index is 0.224. The Hall–Kier alpha value is -3.75. The number of hydrogen-bond donors (Lipinski definition) is 3. The summed E-state index contributed by atoms with van der Waals surface area (Å²) in [6.07, 6.45) is 3.32. The second-order valence-electron chi connectivity index (χ2n) is 8.36. The van der Waals surface area contributed by atoms with Crippen LogP contribution in [0.2, 0.25) is 0 Å². The summed E-state index contributed by atoms with van der Waals surface area (Å²) in [4.78, 5) is 15.3. The standard InChI is InChI=1S/C24H22F3N5O/c25-24(26,27)19-6-3-16(4-7-19)13-32-14-18(11-30-32)17-5-8-21-20(9-17)22(12-28-21)31-23(33)29-10-15-1-2-15/h3-9,11-12,14-15,28H,1-2,10,13H2,(H2,29,31,33). The lowest BCUT2D eigenvalue weighted by Gasteiger charge is -2.07. The maximum Gasteiger partial charge on any atom is 0.416 e. The number of aromatic nitrogens is 3. The molecular formula is C24H22F3N5O. The van der Waals surface area contributed by atoms with Gasteiger partial charge in [0, 0.05) is 35.4 Å². The number of H-pyrrole nitrogens is 1. The van der Waals surface area contributed by atoms with Crippen molar-refractivity contribution < 1.29 is 18.0 Å². The molecule has 9 heteroatoms. The number of urea groups is 1. The summed E-state index contributed by atoms with van der Waals surface area (Å²) in [7, 11) is 0. The lowest BCUT2D eigenvalue weighted by molar-refractivity contribution is -0.137. The molecular weight excluding hydrogens is 431 g/mol. The molecule has 0 atom stereocenters. The Morgan fingerprint density at radius 1 is 1.12 bits per heavy atom. The van der Waals surface area contributed by atoms with Crippen LogP contribution in [0.15, 0.2) is 61.1 Å². The van der Waals surface area contributed by atoms with Gasteiger partial charge in [0.25, 0.3) is 0 Å². The van der Waals surface area contributed by atoms with E-state index >= 15 is 0 Å². The zero-order valence-corrected chi connectivity index (χ0v) is 17.6. The van der Waals surface area contributed by atoms with E-state index in [1.165, 1.54) is 25.0 Å². The molecule has 2 aromatic heterocycles. The van der Waals surface area contributed by atoms with Gasteiger partial charge >= 0.3 is 12.2 Å². The average Bonchev–Trinajstić information content (AvgIpc) is 3.37. The number of hydrogen-bond acceptors (Lipinski definition) is 2. The predicted octanol–water partition coefficient (Wildman–Crippen LogP) is 5.63. The Morgan fingerprint density at radius 3 is 2.64 bits per heavy atom. The highest BCUT2D eigenvalue weighted by molar-refractivity contribution is 6.02. The number of carbonyl (C=O) groups excluding carboxylic acids is 1. The third-order valence-corrected chi connectivity index (χ3v) is 5.77. The highest BCUT2D eigenvalue weighted by Gasteiger charge is 2.29. The maximum absolute atomic E-state index is 12.7. The molecule has 3 N–H and O–H groups in total. The van der Waals surface area contributed by atoms with Gasteiger partial charge in [0.05, 0.1) is 24.0 Å². The molecule has 1 aliphatic rings. The highest BCUT2D eigenvalue weighted by atomic mass is 19.4. The van der Waals surface area contributed by atoms with Gasteiger partial charge in [0.1, 0.15) is 0 Å². The minimum atomic E-state index is -4.35. The Morgan fingerprint density at radius 2 is 1.91 bits per heavy atom. The fourth-order valence-corrected chi connectivity index (χ4v) is 3.71. The van der Waals surface area contributed by atoms with Gasteiger partial charge in [-0.15, -0.1) is 0 Å². The molecule has 170 valence electrons. The summed E-state index contributed by atoms with van der Waals surface area (Å²) < 4.78 is 39.9. The highest BCUT2D eigenvalue weighted by Crippen LogP contribution is 2.31. The van der Waals surface area contributed by atoms with Gasteiger partial charge in [-0.05, 0) is 54.2 Å². The van der Waals surface area contributed by atoms with Crippen LogP contribution in [0.25, 0.3) is 22.0 Å². The predicted molar refractivity (Wildman–Crippen MR) is 120 cm³/mol. The van der Waals surface area contributed by atoms with Crippen molar-refractivity contribution in [1.82, 2.24) is 20.1 Å². The molecule has 0 saturated heterocycles. The number of amides is 2. The Bertz CT molecular complexity index is 1290. The summed E-state index contributed by atoms with van der Waals surface area (Å²) in [5.41, 5.74) is 3.43. The molecule has 0 spiro atoms. The zero-order valence-electron chi connectivity index (χ0n) is 17.6. The van der Waals surface area contributed by atoms with E-state index in [0.717, 1.165) is 39.7 Å². The number of nitrogens with one attached hydrogen (secondary N) is 3. The first-order valence-corrected chi connectivity index (χ1v) is 10.7. The van der Waals surface area contributed by atoms with Crippen LogP contribution in [-0.2, 0) is 12.7 Å². The van der Waals surface area contributed by atoms with Gasteiger partial charge in [0.2, 0.25) is 0 Å². The summed E-state index contributed by atoms with van der Waals surface area (Å²) in [5.74, 6) is 0.601. The number of aromatic amines is 1. The quantitative estimate of drug-likeness (QED) is 0.354. The molecule has 0 unspecified atom stereocenters. The van der Waals surface area contributed by atoms with Crippen molar-refractivity contribution in [2.45, 2.75) is 25.6 Å². The first kappa shape index (κ1) is 21.1. The molecule has 2 aromatic carbocycles. The molecule has 33 heavy (non-hydrogen) atoms. The lowest BCUT2D eigenvalue weighted by Crippen LogP contribution is -2.30. The number of carbonyl (C=O) groups is 1. The van der Waals surface area contributed by atoms with Gasteiger partial charge < -0.3 is 15.6 Å². The van der Waals surface area contributed by atoms with E-state index in [4.69, 9.17) is 0 Å². The average molecular weight is 453 g/mol. The summed E-state index contributed by atoms with van der Waals surface area (Å²) >= 11 is 0. The molecule has 1 fully saturated rings. The van der Waals surface area contributed by atoms with Crippen molar-refractivity contribution >= 4 is 22.6 Å². The van der Waals surface area contributed by atoms with E-state index in [9.17, 15) is 18.0 Å². The van der Waals surface area contributed by atoms with E-state index in [0.29, 0.717) is 24.7 Å². The monoisotopic (exact) mass is 453 g/mol. The lowest BCUT2D eigenvalue weighted by atomic mass is 10.1. The van der Waals surface area contributed by atoms with E-state index in [1.807, 2.05) is 24.4 Å². The number of nitrogens with zero attached hydrogens (tertiary/aromatic N) is 2. The van der Waals surface area contributed by atoms with Crippen LogP contribution in [0.4, 0.5) is 23.7 Å². The van der Waals surface area contributed by atoms with Crippen LogP contribution in [-0.4, -0.2) is 27.3 Å². The van der Waals surface area contributed by atoms with Gasteiger partial charge in [-0.25, -0.2) is 4.79 Å². The SMILES string of the molecule is O=C(NCC1CC1)Nc1c[nH]c2ccc(-c3cnn(Cc4ccc(C(F)(F)F)cc4)c3)cc12. The van der Waals surface area contributed by atoms with E-state index in [2.05, 4.69) is 20.7 Å². The second kappa shape index (κ2) is 8.31. The Labute approximate surface area is 187 Å². The van der Waals surface area contributed by atoms with Crippen molar-refractivity contribution in [3.05, 3.63) is 72.2 Å². The number of fused-ring (bicyclic) bond motifs is 1. The van der Waals surface area contributed by atoms with E-state index < -0.39 is 11.7 Å². The van der Waals surface area contributed by atoms with Crippen LogP contribution in [0.5, 0.6) is 0 Å². The molecule has 1 aliphatic carbocycles. The summed E-state index contributed by atoms with van der Waals surface area (Å²) in [5, 5.41) is 11.0. The number of rotatable bonds is 6. The third kappa shape index (κ3) is 4.87. The fourth-order valence-electron chi connectivity index (χ4n) is 3.71. The summed E-state index contributed by atoms with van der Waals surface area (Å²) in [6.45, 7) is 1.05. The van der Waals surface area contributed by atoms with Crippen molar-refractivity contribution in [2.24, 2.45) is 5.92 Å². The molecule has 1 saturated carbocycles. The van der Waals surface area contributed by atoms with Gasteiger partial charge in [-0.1, -0.05) is 18.2 Å². The third-order valence-electron chi connectivity index (χ3n) is 5.77. The van der Waals surface area contributed by atoms with Gasteiger partial charge in [0.15, 0.2) is 0 Å². The van der Waals surface area contributed by atoms with E-state index in [1.54, 1.807) is 17.1 Å². The zero-order chi connectivity index (χ0) is 23.0.